The van der Waals surface area contributed by atoms with E-state index in [2.05, 4.69) is 13.8 Å². The van der Waals surface area contributed by atoms with E-state index in [1.165, 1.54) is 25.7 Å². The minimum atomic E-state index is -3.49. The summed E-state index contributed by atoms with van der Waals surface area (Å²) in [4.78, 5) is 0. The molecule has 0 aliphatic carbocycles. The third kappa shape index (κ3) is 9.64. The SMILES string of the molecule is CCCCCCCN(CCCCCCC)S(=O)(=O)C(C#N)CCC. The van der Waals surface area contributed by atoms with E-state index in [0.717, 1.165) is 44.9 Å². The van der Waals surface area contributed by atoms with Gasteiger partial charge in [-0.25, -0.2) is 12.7 Å². The van der Waals surface area contributed by atoms with Crippen LogP contribution in [0.5, 0.6) is 0 Å². The monoisotopic (exact) mass is 358 g/mol. The van der Waals surface area contributed by atoms with Gasteiger partial charge in [0, 0.05) is 13.1 Å². The van der Waals surface area contributed by atoms with Gasteiger partial charge in [-0.15, -0.1) is 0 Å². The molecule has 0 amide bonds. The van der Waals surface area contributed by atoms with E-state index < -0.39 is 15.3 Å². The largest absolute Gasteiger partial charge is 0.230 e. The first kappa shape index (κ1) is 23.4. The third-order valence-corrected chi connectivity index (χ3v) is 6.58. The molecule has 5 heteroatoms. The Balaban J connectivity index is 4.66. The van der Waals surface area contributed by atoms with E-state index in [-0.39, 0.29) is 0 Å². The molecule has 0 rings (SSSR count). The maximum atomic E-state index is 12.8. The van der Waals surface area contributed by atoms with Crippen molar-refractivity contribution in [2.45, 2.75) is 103 Å². The normalized spacial score (nSPS) is 13.1. The highest BCUT2D eigenvalue weighted by molar-refractivity contribution is 7.90. The third-order valence-electron chi connectivity index (χ3n) is 4.44. The number of rotatable bonds is 16. The van der Waals surface area contributed by atoms with E-state index in [1.54, 1.807) is 4.31 Å². The molecule has 0 bridgehead atoms. The average Bonchev–Trinajstić information content (AvgIpc) is 2.57. The van der Waals surface area contributed by atoms with Crippen LogP contribution in [0.1, 0.15) is 97.8 Å². The topological polar surface area (TPSA) is 61.2 Å². The molecule has 4 nitrogen and oxygen atoms in total. The number of unbranched alkanes of at least 4 members (excludes halogenated alkanes) is 8. The Kier molecular flexibility index (Phi) is 14.4. The van der Waals surface area contributed by atoms with Crippen LogP contribution in [-0.4, -0.2) is 31.1 Å². The second kappa shape index (κ2) is 14.7. The molecule has 0 spiro atoms. The van der Waals surface area contributed by atoms with Crippen molar-refractivity contribution in [2.24, 2.45) is 0 Å². The van der Waals surface area contributed by atoms with E-state index in [4.69, 9.17) is 0 Å². The predicted octanol–water partition coefficient (Wildman–Crippen LogP) is 5.25. The van der Waals surface area contributed by atoms with Crippen molar-refractivity contribution in [2.75, 3.05) is 13.1 Å². The summed E-state index contributed by atoms with van der Waals surface area (Å²) in [5.41, 5.74) is 0. The molecule has 0 heterocycles. The summed E-state index contributed by atoms with van der Waals surface area (Å²) in [7, 11) is -3.49. The molecule has 24 heavy (non-hydrogen) atoms. The maximum Gasteiger partial charge on any atom is 0.230 e. The fourth-order valence-electron chi connectivity index (χ4n) is 2.87. The summed E-state index contributed by atoms with van der Waals surface area (Å²) in [6.07, 6.45) is 12.2. The van der Waals surface area contributed by atoms with Gasteiger partial charge in [-0.05, 0) is 19.3 Å². The van der Waals surface area contributed by atoms with Gasteiger partial charge < -0.3 is 0 Å². The van der Waals surface area contributed by atoms with Crippen molar-refractivity contribution in [3.63, 3.8) is 0 Å². The highest BCUT2D eigenvalue weighted by Gasteiger charge is 2.30. The summed E-state index contributed by atoms with van der Waals surface area (Å²) in [6.45, 7) is 7.42. The van der Waals surface area contributed by atoms with Crippen LogP contribution in [0.25, 0.3) is 0 Å². The Morgan fingerprint density at radius 3 is 1.62 bits per heavy atom. The second-order valence-electron chi connectivity index (χ2n) is 6.68. The van der Waals surface area contributed by atoms with Gasteiger partial charge >= 0.3 is 0 Å². The highest BCUT2D eigenvalue weighted by atomic mass is 32.2. The van der Waals surface area contributed by atoms with Crippen molar-refractivity contribution in [3.05, 3.63) is 0 Å². The van der Waals surface area contributed by atoms with Gasteiger partial charge in [0.25, 0.3) is 0 Å². The van der Waals surface area contributed by atoms with E-state index in [0.29, 0.717) is 19.5 Å². The molecule has 0 fully saturated rings. The molecule has 0 aliphatic rings. The van der Waals surface area contributed by atoms with Gasteiger partial charge in [-0.1, -0.05) is 78.6 Å². The summed E-state index contributed by atoms with van der Waals surface area (Å²) < 4.78 is 27.2. The lowest BCUT2D eigenvalue weighted by atomic mass is 10.1. The number of hydrogen-bond donors (Lipinski definition) is 0. The lowest BCUT2D eigenvalue weighted by molar-refractivity contribution is 0.380. The van der Waals surface area contributed by atoms with Gasteiger partial charge in [-0.2, -0.15) is 5.26 Å². The minimum absolute atomic E-state index is 0.432. The van der Waals surface area contributed by atoms with Crippen LogP contribution >= 0.6 is 0 Å². The molecule has 0 aliphatic heterocycles. The molecule has 0 aromatic rings. The van der Waals surface area contributed by atoms with Crippen LogP contribution < -0.4 is 0 Å². The first-order chi connectivity index (χ1) is 11.5. The summed E-state index contributed by atoms with van der Waals surface area (Å²) in [5.74, 6) is 0. The molecular formula is C19H38N2O2S. The zero-order chi connectivity index (χ0) is 18.3. The Labute approximate surface area is 150 Å². The maximum absolute atomic E-state index is 12.8. The molecule has 0 radical (unpaired) electrons. The molecule has 0 aromatic carbocycles. The van der Waals surface area contributed by atoms with Gasteiger partial charge in [-0.3, -0.25) is 0 Å². The average molecular weight is 359 g/mol. The molecule has 142 valence electrons. The molecule has 1 unspecified atom stereocenters. The van der Waals surface area contributed by atoms with E-state index in [1.807, 2.05) is 13.0 Å². The lowest BCUT2D eigenvalue weighted by Crippen LogP contribution is -2.39. The van der Waals surface area contributed by atoms with Crippen LogP contribution in [0.3, 0.4) is 0 Å². The number of hydrogen-bond acceptors (Lipinski definition) is 3. The Bertz CT molecular complexity index is 415. The van der Waals surface area contributed by atoms with Crippen molar-refractivity contribution < 1.29 is 8.42 Å². The number of nitrogens with zero attached hydrogens (tertiary/aromatic N) is 2. The highest BCUT2D eigenvalue weighted by Crippen LogP contribution is 2.17. The van der Waals surface area contributed by atoms with Crippen molar-refractivity contribution in [1.82, 2.24) is 4.31 Å². The van der Waals surface area contributed by atoms with Crippen molar-refractivity contribution >= 4 is 10.0 Å². The molecule has 1 atom stereocenters. The van der Waals surface area contributed by atoms with Crippen LogP contribution in [-0.2, 0) is 10.0 Å². The van der Waals surface area contributed by atoms with Gasteiger partial charge in [0.05, 0.1) is 6.07 Å². The van der Waals surface area contributed by atoms with Crippen molar-refractivity contribution in [1.29, 1.82) is 5.26 Å². The molecule has 0 saturated heterocycles. The van der Waals surface area contributed by atoms with Gasteiger partial charge in [0.1, 0.15) is 0 Å². The number of nitriles is 1. The first-order valence-electron chi connectivity index (χ1n) is 9.93. The summed E-state index contributed by atoms with van der Waals surface area (Å²) >= 11 is 0. The van der Waals surface area contributed by atoms with Gasteiger partial charge in [0.2, 0.25) is 10.0 Å². The molecule has 0 aromatic heterocycles. The Morgan fingerprint density at radius 1 is 0.792 bits per heavy atom. The van der Waals surface area contributed by atoms with Crippen molar-refractivity contribution in [3.8, 4) is 6.07 Å². The minimum Gasteiger partial charge on any atom is -0.211 e. The van der Waals surface area contributed by atoms with Crippen LogP contribution in [0.4, 0.5) is 0 Å². The first-order valence-corrected chi connectivity index (χ1v) is 11.4. The Morgan fingerprint density at radius 2 is 1.25 bits per heavy atom. The smallest absolute Gasteiger partial charge is 0.211 e. The van der Waals surface area contributed by atoms with E-state index in [9.17, 15) is 13.7 Å². The van der Waals surface area contributed by atoms with Crippen LogP contribution in [0.2, 0.25) is 0 Å². The molecule has 0 saturated carbocycles. The van der Waals surface area contributed by atoms with Crippen LogP contribution in [0, 0.1) is 11.3 Å². The van der Waals surface area contributed by atoms with Gasteiger partial charge in [0.15, 0.2) is 5.25 Å². The zero-order valence-corrected chi connectivity index (χ0v) is 16.9. The summed E-state index contributed by atoms with van der Waals surface area (Å²) in [6, 6.07) is 2.02. The fourth-order valence-corrected chi connectivity index (χ4v) is 4.67. The number of sulfonamides is 1. The summed E-state index contributed by atoms with van der Waals surface area (Å²) in [5, 5.41) is 8.39. The predicted molar refractivity (Wildman–Crippen MR) is 102 cm³/mol. The second-order valence-corrected chi connectivity index (χ2v) is 8.79. The molecular weight excluding hydrogens is 320 g/mol. The molecule has 0 N–H and O–H groups in total. The standard InChI is InChI=1S/C19H38N2O2S/c1-4-7-9-11-13-16-21(17-14-12-10-8-5-2)24(22,23)19(18-20)15-6-3/h19H,4-17H2,1-3H3. The van der Waals surface area contributed by atoms with Crippen LogP contribution in [0.15, 0.2) is 0 Å². The zero-order valence-electron chi connectivity index (χ0n) is 16.1. The quantitative estimate of drug-likeness (QED) is 0.354. The lowest BCUT2D eigenvalue weighted by Gasteiger charge is -2.24. The Hall–Kier alpha value is -0.600. The van der Waals surface area contributed by atoms with E-state index >= 15 is 0 Å². The fraction of sp³-hybridized carbons (Fsp3) is 0.947.